The molecule has 0 aliphatic rings. The Morgan fingerprint density at radius 1 is 1.11 bits per heavy atom. The van der Waals surface area contributed by atoms with E-state index in [4.69, 9.17) is 10.5 Å². The van der Waals surface area contributed by atoms with E-state index in [1.54, 1.807) is 37.4 Å². The second-order valence-corrected chi connectivity index (χ2v) is 8.56. The quantitative estimate of drug-likeness (QED) is 0.344. The van der Waals surface area contributed by atoms with E-state index in [0.717, 1.165) is 11.3 Å². The van der Waals surface area contributed by atoms with Crippen molar-refractivity contribution in [1.29, 1.82) is 0 Å². The summed E-state index contributed by atoms with van der Waals surface area (Å²) in [6.45, 7) is 5.17. The van der Waals surface area contributed by atoms with Crippen LogP contribution in [-0.2, 0) is 22.7 Å². The van der Waals surface area contributed by atoms with Gasteiger partial charge in [-0.3, -0.25) is 14.7 Å². The molecule has 0 bridgehead atoms. The van der Waals surface area contributed by atoms with Crippen molar-refractivity contribution in [3.63, 3.8) is 0 Å². The van der Waals surface area contributed by atoms with E-state index in [-0.39, 0.29) is 24.8 Å². The molecule has 3 aromatic rings. The predicted molar refractivity (Wildman–Crippen MR) is 138 cm³/mol. The molecule has 4 N–H and O–H groups in total. The fourth-order valence-electron chi connectivity index (χ4n) is 3.70. The monoisotopic (exact) mass is 493 g/mol. The summed E-state index contributed by atoms with van der Waals surface area (Å²) in [5, 5.41) is 5.22. The average molecular weight is 494 g/mol. The van der Waals surface area contributed by atoms with Crippen molar-refractivity contribution in [2.75, 3.05) is 30.3 Å². The molecule has 0 saturated carbocycles. The molecule has 9 heteroatoms. The maximum Gasteiger partial charge on any atom is 0.323 e. The molecule has 1 atom stereocenters. The lowest BCUT2D eigenvalue weighted by atomic mass is 10.1. The molecule has 0 saturated heterocycles. The van der Waals surface area contributed by atoms with Crippen LogP contribution in [-0.4, -0.2) is 41.5 Å². The normalized spacial score (nSPS) is 11.7. The Kier molecular flexibility index (Phi) is 9.91. The minimum absolute atomic E-state index is 0.0544. The minimum atomic E-state index is -0.565. The number of pyridine rings is 1. The van der Waals surface area contributed by atoms with Gasteiger partial charge < -0.3 is 21.1 Å². The van der Waals surface area contributed by atoms with Gasteiger partial charge in [-0.1, -0.05) is 49.4 Å². The van der Waals surface area contributed by atoms with Crippen LogP contribution in [0.5, 0.6) is 0 Å². The van der Waals surface area contributed by atoms with E-state index in [9.17, 15) is 9.59 Å². The number of aromatic nitrogens is 1. The van der Waals surface area contributed by atoms with E-state index in [1.165, 1.54) is 6.07 Å². The summed E-state index contributed by atoms with van der Waals surface area (Å²) in [6, 6.07) is 17.1. The second kappa shape index (κ2) is 13.3. The molecule has 0 fully saturated rings. The molecule has 3 rings (SSSR count). The summed E-state index contributed by atoms with van der Waals surface area (Å²) >= 11 is 0. The zero-order chi connectivity index (χ0) is 25.9. The van der Waals surface area contributed by atoms with E-state index < -0.39 is 17.8 Å². The average Bonchev–Trinajstić information content (AvgIpc) is 2.85. The van der Waals surface area contributed by atoms with Crippen molar-refractivity contribution in [1.82, 2.24) is 9.88 Å². The molecule has 36 heavy (non-hydrogen) atoms. The van der Waals surface area contributed by atoms with E-state index >= 15 is 4.39 Å². The number of nitrogens with one attached hydrogen (secondary N) is 2. The lowest BCUT2D eigenvalue weighted by molar-refractivity contribution is -0.150. The van der Waals surface area contributed by atoms with Crippen molar-refractivity contribution < 1.29 is 18.7 Å². The smallest absolute Gasteiger partial charge is 0.323 e. The van der Waals surface area contributed by atoms with Crippen LogP contribution in [0.25, 0.3) is 0 Å². The van der Waals surface area contributed by atoms with Gasteiger partial charge in [0.05, 0.1) is 11.6 Å². The van der Waals surface area contributed by atoms with Gasteiger partial charge in [0.1, 0.15) is 6.61 Å². The Labute approximate surface area is 210 Å². The fourth-order valence-corrected chi connectivity index (χ4v) is 3.70. The highest BCUT2D eigenvalue weighted by Crippen LogP contribution is 2.21. The zero-order valence-electron chi connectivity index (χ0n) is 20.5. The summed E-state index contributed by atoms with van der Waals surface area (Å²) in [5.41, 5.74) is 8.41. The lowest BCUT2D eigenvalue weighted by Gasteiger charge is -2.25. The number of carbonyl (C=O) groups is 2. The number of carbonyl (C=O) groups excluding carboxylic acids is 2. The number of aryl methyl sites for hydroxylation is 1. The Hall–Kier alpha value is -3.82. The molecule has 8 nitrogen and oxygen atoms in total. The van der Waals surface area contributed by atoms with Gasteiger partial charge in [-0.25, -0.2) is 9.18 Å². The third-order valence-corrected chi connectivity index (χ3v) is 5.48. The number of nitrogens with two attached hydrogens (primary N) is 1. The van der Waals surface area contributed by atoms with Crippen LogP contribution in [0.4, 0.5) is 20.6 Å². The Morgan fingerprint density at radius 2 is 1.89 bits per heavy atom. The number of anilines is 2. The number of benzene rings is 2. The third-order valence-electron chi connectivity index (χ3n) is 5.48. The summed E-state index contributed by atoms with van der Waals surface area (Å²) in [4.78, 5) is 30.9. The van der Waals surface area contributed by atoms with Crippen LogP contribution < -0.4 is 16.4 Å². The number of amides is 2. The molecule has 2 aromatic carbocycles. The first-order valence-corrected chi connectivity index (χ1v) is 11.8. The van der Waals surface area contributed by atoms with Gasteiger partial charge in [0.15, 0.2) is 5.82 Å². The van der Waals surface area contributed by atoms with Crippen LogP contribution in [0.2, 0.25) is 0 Å². The molecule has 0 aliphatic carbocycles. The third kappa shape index (κ3) is 8.14. The van der Waals surface area contributed by atoms with Gasteiger partial charge in [0, 0.05) is 49.3 Å². The van der Waals surface area contributed by atoms with Crippen LogP contribution in [0.1, 0.15) is 23.7 Å². The van der Waals surface area contributed by atoms with Gasteiger partial charge >= 0.3 is 12.0 Å². The summed E-state index contributed by atoms with van der Waals surface area (Å²) in [7, 11) is 0. The van der Waals surface area contributed by atoms with Crippen molar-refractivity contribution in [2.45, 2.75) is 27.0 Å². The molecule has 1 heterocycles. The first kappa shape index (κ1) is 26.8. The van der Waals surface area contributed by atoms with Gasteiger partial charge in [-0.05, 0) is 30.7 Å². The molecule has 190 valence electrons. The van der Waals surface area contributed by atoms with Crippen LogP contribution >= 0.6 is 0 Å². The van der Waals surface area contributed by atoms with Crippen molar-refractivity contribution >= 4 is 23.4 Å². The fraction of sp³-hybridized carbons (Fsp3) is 0.296. The van der Waals surface area contributed by atoms with Gasteiger partial charge in [0.2, 0.25) is 0 Å². The molecular weight excluding hydrogens is 461 g/mol. The second-order valence-electron chi connectivity index (χ2n) is 8.56. The Balaban J connectivity index is 1.60. The maximum atomic E-state index is 15.2. The number of ether oxygens (including phenoxy) is 1. The first-order valence-electron chi connectivity index (χ1n) is 11.8. The van der Waals surface area contributed by atoms with Crippen molar-refractivity contribution in [3.8, 4) is 0 Å². The van der Waals surface area contributed by atoms with Crippen LogP contribution in [0.3, 0.4) is 0 Å². The molecule has 1 aromatic heterocycles. The lowest BCUT2D eigenvalue weighted by Crippen LogP contribution is -2.36. The number of hydrogen-bond donors (Lipinski definition) is 3. The largest absolute Gasteiger partial charge is 0.461 e. The van der Waals surface area contributed by atoms with Gasteiger partial charge in [0.25, 0.3) is 0 Å². The molecule has 0 spiro atoms. The van der Waals surface area contributed by atoms with Crippen LogP contribution in [0, 0.1) is 18.7 Å². The molecule has 2 amide bonds. The Bertz CT molecular complexity index is 1160. The number of rotatable bonds is 11. The van der Waals surface area contributed by atoms with Crippen molar-refractivity contribution in [2.24, 2.45) is 11.7 Å². The summed E-state index contributed by atoms with van der Waals surface area (Å²) in [6.07, 6.45) is 1.58. The van der Waals surface area contributed by atoms with E-state index in [1.807, 2.05) is 42.2 Å². The highest BCUT2D eigenvalue weighted by Gasteiger charge is 2.20. The highest BCUT2D eigenvalue weighted by molar-refractivity contribution is 5.99. The topological polar surface area (TPSA) is 110 Å². The first-order chi connectivity index (χ1) is 17.4. The number of nitrogens with zero attached hydrogens (tertiary/aromatic N) is 2. The molecule has 0 unspecified atom stereocenters. The number of urea groups is 1. The summed E-state index contributed by atoms with van der Waals surface area (Å²) in [5.74, 6) is -1.31. The molecule has 0 aliphatic heterocycles. The number of esters is 1. The van der Waals surface area contributed by atoms with Gasteiger partial charge in [-0.2, -0.15) is 0 Å². The van der Waals surface area contributed by atoms with E-state index in [0.29, 0.717) is 30.9 Å². The standard InChI is InChI=1S/C27H32FN5O3/c1-19(26(34)36-18-21-7-4-3-5-8-21)16-33(14-12-29)17-22-9-6-10-24(25(22)28)32-27(35)31-23-11-13-30-20(2)15-23/h3-11,13,15,19H,12,14,16-18,29H2,1-2H3,(H2,30,31,32,35)/t19-/m1/s1. The maximum absolute atomic E-state index is 15.2. The summed E-state index contributed by atoms with van der Waals surface area (Å²) < 4.78 is 20.7. The zero-order valence-corrected chi connectivity index (χ0v) is 20.5. The molecular formula is C27H32FN5O3. The highest BCUT2D eigenvalue weighted by atomic mass is 19.1. The predicted octanol–water partition coefficient (Wildman–Crippen LogP) is 4.31. The van der Waals surface area contributed by atoms with Crippen molar-refractivity contribution in [3.05, 3.63) is 89.5 Å². The van der Waals surface area contributed by atoms with Crippen LogP contribution in [0.15, 0.2) is 66.9 Å². The van der Waals surface area contributed by atoms with E-state index in [2.05, 4.69) is 15.6 Å². The number of hydrogen-bond acceptors (Lipinski definition) is 6. The number of halogens is 1. The molecule has 0 radical (unpaired) electrons. The SMILES string of the molecule is Cc1cc(NC(=O)Nc2cccc(CN(CCN)C[C@@H](C)C(=O)OCc3ccccc3)c2F)ccn1. The Morgan fingerprint density at radius 3 is 2.61 bits per heavy atom. The van der Waals surface area contributed by atoms with Gasteiger partial charge in [-0.15, -0.1) is 0 Å². The minimum Gasteiger partial charge on any atom is -0.461 e.